The number of likely N-dealkylation sites (tertiary alicyclic amines) is 2. The third-order valence-electron chi connectivity index (χ3n) is 9.12. The first-order valence-corrected chi connectivity index (χ1v) is 14.4. The average molecular weight is 511 g/mol. The number of nitrogens with zero attached hydrogens (tertiary/aromatic N) is 3. The molecule has 1 N–H and O–H groups in total. The van der Waals surface area contributed by atoms with Crippen LogP contribution in [0.1, 0.15) is 59.2 Å². The van der Waals surface area contributed by atoms with Crippen LogP contribution < -0.4 is 5.32 Å². The molecule has 1 aliphatic carbocycles. The number of pyridine rings is 1. The highest BCUT2D eigenvalue weighted by Gasteiger charge is 2.39. The molecule has 0 unspecified atom stereocenters. The topological polar surface area (TPSA) is 65.5 Å². The second-order valence-electron chi connectivity index (χ2n) is 11.5. The summed E-state index contributed by atoms with van der Waals surface area (Å²) in [5, 5.41) is 4.21. The second-order valence-corrected chi connectivity index (χ2v) is 11.5. The SMILES string of the molecule is O=C(N[C@H]1CC[C@H](CCN2CC[C@H]3CN(C(=O)c4ccccc4)C[C@@H]3C2)CC1)c1cccc2ncccc12. The van der Waals surface area contributed by atoms with Gasteiger partial charge in [-0.05, 0) is 99.7 Å². The summed E-state index contributed by atoms with van der Waals surface area (Å²) in [6, 6.07) is 19.6. The third kappa shape index (κ3) is 5.46. The summed E-state index contributed by atoms with van der Waals surface area (Å²) in [5.74, 6) is 2.20. The summed E-state index contributed by atoms with van der Waals surface area (Å²) in [7, 11) is 0. The van der Waals surface area contributed by atoms with Crippen LogP contribution in [0.2, 0.25) is 0 Å². The molecule has 3 heterocycles. The van der Waals surface area contributed by atoms with Gasteiger partial charge in [0.25, 0.3) is 11.8 Å². The molecule has 6 rings (SSSR count). The number of amides is 2. The van der Waals surface area contributed by atoms with Gasteiger partial charge in [0.15, 0.2) is 0 Å². The van der Waals surface area contributed by atoms with E-state index in [9.17, 15) is 9.59 Å². The smallest absolute Gasteiger partial charge is 0.253 e. The monoisotopic (exact) mass is 510 g/mol. The number of nitrogens with one attached hydrogen (secondary N) is 1. The molecule has 2 amide bonds. The summed E-state index contributed by atoms with van der Waals surface area (Å²) in [6.45, 7) is 5.23. The van der Waals surface area contributed by atoms with Crippen molar-refractivity contribution in [2.45, 2.75) is 44.6 Å². The van der Waals surface area contributed by atoms with Crippen LogP contribution in [0.3, 0.4) is 0 Å². The van der Waals surface area contributed by atoms with E-state index < -0.39 is 0 Å². The second kappa shape index (κ2) is 11.2. The summed E-state index contributed by atoms with van der Waals surface area (Å²) in [4.78, 5) is 35.0. The maximum Gasteiger partial charge on any atom is 0.253 e. The molecule has 0 spiro atoms. The predicted octanol–water partition coefficient (Wildman–Crippen LogP) is 5.01. The molecule has 2 aliphatic heterocycles. The zero-order valence-corrected chi connectivity index (χ0v) is 22.1. The molecule has 2 atom stereocenters. The van der Waals surface area contributed by atoms with Crippen LogP contribution in [0.4, 0.5) is 0 Å². The predicted molar refractivity (Wildman–Crippen MR) is 150 cm³/mol. The molecule has 3 aliphatic rings. The number of piperidine rings is 1. The van der Waals surface area contributed by atoms with Crippen LogP contribution in [-0.2, 0) is 0 Å². The number of carbonyl (C=O) groups excluding carboxylic acids is 2. The molecule has 2 saturated heterocycles. The Balaban J connectivity index is 0.941. The summed E-state index contributed by atoms with van der Waals surface area (Å²) in [6.07, 6.45) is 8.68. The Morgan fingerprint density at radius 2 is 1.66 bits per heavy atom. The van der Waals surface area contributed by atoms with Crippen molar-refractivity contribution in [2.75, 3.05) is 32.7 Å². The first-order chi connectivity index (χ1) is 18.6. The Labute approximate surface area is 225 Å². The minimum absolute atomic E-state index is 0.0197. The van der Waals surface area contributed by atoms with Crippen LogP contribution in [0, 0.1) is 17.8 Å². The first kappa shape index (κ1) is 25.1. The lowest BCUT2D eigenvalue weighted by atomic mass is 9.83. The largest absolute Gasteiger partial charge is 0.349 e. The molecule has 2 aromatic carbocycles. The van der Waals surface area contributed by atoms with E-state index in [1.807, 2.05) is 60.7 Å². The van der Waals surface area contributed by atoms with Gasteiger partial charge in [-0.2, -0.15) is 0 Å². The van der Waals surface area contributed by atoms with Gasteiger partial charge in [-0.15, -0.1) is 0 Å². The molecule has 38 heavy (non-hydrogen) atoms. The van der Waals surface area contributed by atoms with Crippen molar-refractivity contribution in [2.24, 2.45) is 17.8 Å². The number of rotatable bonds is 6. The van der Waals surface area contributed by atoms with Gasteiger partial charge >= 0.3 is 0 Å². The van der Waals surface area contributed by atoms with E-state index in [0.29, 0.717) is 11.8 Å². The molecule has 198 valence electrons. The quantitative estimate of drug-likeness (QED) is 0.507. The number of benzene rings is 2. The number of aromatic nitrogens is 1. The van der Waals surface area contributed by atoms with Crippen molar-refractivity contribution >= 4 is 22.7 Å². The lowest BCUT2D eigenvalue weighted by Gasteiger charge is -2.36. The van der Waals surface area contributed by atoms with E-state index in [2.05, 4.69) is 20.1 Å². The molecular weight excluding hydrogens is 472 g/mol. The number of fused-ring (bicyclic) bond motifs is 2. The van der Waals surface area contributed by atoms with Gasteiger partial charge in [-0.25, -0.2) is 0 Å². The first-order valence-electron chi connectivity index (χ1n) is 14.4. The normalized spacial score (nSPS) is 25.7. The van der Waals surface area contributed by atoms with E-state index in [0.717, 1.165) is 73.5 Å². The van der Waals surface area contributed by atoms with Crippen molar-refractivity contribution in [1.82, 2.24) is 20.1 Å². The molecule has 6 nitrogen and oxygen atoms in total. The Hall–Kier alpha value is -3.25. The third-order valence-corrected chi connectivity index (χ3v) is 9.12. The van der Waals surface area contributed by atoms with E-state index in [1.54, 1.807) is 6.20 Å². The van der Waals surface area contributed by atoms with E-state index in [-0.39, 0.29) is 17.9 Å². The highest BCUT2D eigenvalue weighted by molar-refractivity contribution is 6.06. The van der Waals surface area contributed by atoms with Gasteiger partial charge in [0, 0.05) is 48.4 Å². The molecule has 3 fully saturated rings. The van der Waals surface area contributed by atoms with E-state index in [4.69, 9.17) is 0 Å². The summed E-state index contributed by atoms with van der Waals surface area (Å²) < 4.78 is 0. The van der Waals surface area contributed by atoms with Crippen LogP contribution in [0.5, 0.6) is 0 Å². The van der Waals surface area contributed by atoms with Gasteiger partial charge in [0.05, 0.1) is 5.52 Å². The number of hydrogen-bond donors (Lipinski definition) is 1. The van der Waals surface area contributed by atoms with Crippen LogP contribution in [0.15, 0.2) is 66.9 Å². The maximum absolute atomic E-state index is 13.0. The van der Waals surface area contributed by atoms with Crippen LogP contribution >= 0.6 is 0 Å². The van der Waals surface area contributed by atoms with Gasteiger partial charge < -0.3 is 15.1 Å². The van der Waals surface area contributed by atoms with Crippen molar-refractivity contribution < 1.29 is 9.59 Å². The molecule has 0 bridgehead atoms. The minimum Gasteiger partial charge on any atom is -0.349 e. The fraction of sp³-hybridized carbons (Fsp3) is 0.469. The van der Waals surface area contributed by atoms with E-state index in [1.165, 1.54) is 25.7 Å². The Morgan fingerprint density at radius 1 is 0.842 bits per heavy atom. The van der Waals surface area contributed by atoms with Gasteiger partial charge in [0.1, 0.15) is 0 Å². The minimum atomic E-state index is 0.0197. The van der Waals surface area contributed by atoms with Crippen LogP contribution in [0.25, 0.3) is 10.9 Å². The van der Waals surface area contributed by atoms with Crippen molar-refractivity contribution in [1.29, 1.82) is 0 Å². The molecule has 3 aromatic rings. The van der Waals surface area contributed by atoms with Gasteiger partial charge in [-0.3, -0.25) is 14.6 Å². The molecular formula is C32H38N4O2. The Kier molecular flexibility index (Phi) is 7.41. The highest BCUT2D eigenvalue weighted by atomic mass is 16.2. The van der Waals surface area contributed by atoms with Crippen molar-refractivity contribution in [3.63, 3.8) is 0 Å². The maximum atomic E-state index is 13.0. The Bertz CT molecular complexity index is 1270. The highest BCUT2D eigenvalue weighted by Crippen LogP contribution is 2.33. The van der Waals surface area contributed by atoms with Gasteiger partial charge in [0.2, 0.25) is 0 Å². The Morgan fingerprint density at radius 3 is 2.50 bits per heavy atom. The van der Waals surface area contributed by atoms with Crippen molar-refractivity contribution in [3.8, 4) is 0 Å². The van der Waals surface area contributed by atoms with E-state index >= 15 is 0 Å². The summed E-state index contributed by atoms with van der Waals surface area (Å²) >= 11 is 0. The number of hydrogen-bond acceptors (Lipinski definition) is 4. The zero-order valence-electron chi connectivity index (χ0n) is 22.1. The van der Waals surface area contributed by atoms with Crippen LogP contribution in [-0.4, -0.2) is 65.4 Å². The number of carbonyl (C=O) groups is 2. The molecule has 0 radical (unpaired) electrons. The zero-order chi connectivity index (χ0) is 25.9. The van der Waals surface area contributed by atoms with Crippen molar-refractivity contribution in [3.05, 3.63) is 78.0 Å². The standard InChI is InChI=1S/C32H38N4O2/c37-31(29-8-4-10-30-28(29)9-5-17-33-30)34-27-13-11-23(12-14-27)15-18-35-19-16-25-21-36(22-26(25)20-35)32(38)24-6-2-1-3-7-24/h1-10,17,23,25-27H,11-16,18-22H2,(H,34,37)/t23-,25-,26-,27-/m0/s1. The molecule has 1 aromatic heterocycles. The fourth-order valence-electron chi connectivity index (χ4n) is 6.90. The molecule has 6 heteroatoms. The fourth-order valence-corrected chi connectivity index (χ4v) is 6.90. The lowest BCUT2D eigenvalue weighted by Crippen LogP contribution is -2.41. The molecule has 1 saturated carbocycles. The van der Waals surface area contributed by atoms with Gasteiger partial charge in [-0.1, -0.05) is 30.3 Å². The lowest BCUT2D eigenvalue weighted by molar-refractivity contribution is 0.0783. The summed E-state index contributed by atoms with van der Waals surface area (Å²) in [5.41, 5.74) is 2.39. The average Bonchev–Trinajstić information content (AvgIpc) is 3.40.